The van der Waals surface area contributed by atoms with E-state index in [2.05, 4.69) is 10.3 Å². The number of aryl methyl sites for hydroxylation is 1. The number of nitrogens with zero attached hydrogens (tertiary/aromatic N) is 3. The summed E-state index contributed by atoms with van der Waals surface area (Å²) in [4.78, 5) is 35.4. The second-order valence-corrected chi connectivity index (χ2v) is 8.23. The third kappa shape index (κ3) is 4.51. The molecule has 4 rings (SSSR count). The van der Waals surface area contributed by atoms with E-state index in [1.54, 1.807) is 16.7 Å². The molecule has 0 spiro atoms. The average Bonchev–Trinajstić information content (AvgIpc) is 2.78. The van der Waals surface area contributed by atoms with Crippen LogP contribution < -0.4 is 10.9 Å². The largest absolute Gasteiger partial charge is 0.310 e. The van der Waals surface area contributed by atoms with Crippen LogP contribution in [0.4, 0.5) is 5.82 Å². The zero-order chi connectivity index (χ0) is 21.8. The maximum atomic E-state index is 13.3. The number of aromatic nitrogens is 3. The maximum absolute atomic E-state index is 13.3. The number of amides is 1. The Hall–Kier alpha value is -3.45. The monoisotopic (exact) mass is 430 g/mol. The minimum Gasteiger partial charge on any atom is -0.310 e. The molecule has 1 atom stereocenters. The van der Waals surface area contributed by atoms with Crippen LogP contribution in [0.5, 0.6) is 0 Å². The molecule has 1 unspecified atom stereocenters. The van der Waals surface area contributed by atoms with Crippen molar-refractivity contribution in [1.29, 1.82) is 0 Å². The van der Waals surface area contributed by atoms with Gasteiger partial charge in [0.05, 0.1) is 21.8 Å². The van der Waals surface area contributed by atoms with E-state index in [0.717, 1.165) is 5.69 Å². The van der Waals surface area contributed by atoms with Crippen molar-refractivity contribution in [1.82, 2.24) is 14.5 Å². The summed E-state index contributed by atoms with van der Waals surface area (Å²) in [6.07, 6.45) is 0.569. The van der Waals surface area contributed by atoms with Crippen molar-refractivity contribution in [2.24, 2.45) is 0 Å². The summed E-state index contributed by atoms with van der Waals surface area (Å²) in [5, 5.41) is 3.46. The summed E-state index contributed by atoms with van der Waals surface area (Å²) in [5.41, 5.74) is 1.99. The Morgan fingerprint density at radius 1 is 1.00 bits per heavy atom. The summed E-state index contributed by atoms with van der Waals surface area (Å²) < 4.78 is 1.58. The van der Waals surface area contributed by atoms with E-state index in [-0.39, 0.29) is 11.5 Å². The number of nitrogens with one attached hydrogen (secondary N) is 1. The fourth-order valence-electron chi connectivity index (χ4n) is 3.27. The molecule has 7 heteroatoms. The molecule has 156 valence electrons. The SMILES string of the molecule is CCC(Sc1nc2ccccc2c(=O)n1-c1ccccc1)C(=O)Nc1cccc(C)n1. The Morgan fingerprint density at radius 3 is 2.48 bits per heavy atom. The molecule has 0 aliphatic rings. The highest BCUT2D eigenvalue weighted by Crippen LogP contribution is 2.27. The molecule has 0 aliphatic heterocycles. The molecule has 2 aromatic carbocycles. The number of pyridine rings is 1. The van der Waals surface area contributed by atoms with Gasteiger partial charge in [-0.3, -0.25) is 14.2 Å². The summed E-state index contributed by atoms with van der Waals surface area (Å²) in [5.74, 6) is 0.337. The van der Waals surface area contributed by atoms with Gasteiger partial charge in [0.15, 0.2) is 5.16 Å². The van der Waals surface area contributed by atoms with Crippen LogP contribution in [0.3, 0.4) is 0 Å². The van der Waals surface area contributed by atoms with Crippen LogP contribution >= 0.6 is 11.8 Å². The van der Waals surface area contributed by atoms with Crippen molar-refractivity contribution >= 4 is 34.4 Å². The van der Waals surface area contributed by atoms with Crippen molar-refractivity contribution < 1.29 is 4.79 Å². The first-order valence-corrected chi connectivity index (χ1v) is 10.9. The van der Waals surface area contributed by atoms with Crippen molar-refractivity contribution in [2.45, 2.75) is 30.7 Å². The predicted octanol–water partition coefficient (Wildman–Crippen LogP) is 4.60. The van der Waals surface area contributed by atoms with Gasteiger partial charge in [-0.1, -0.05) is 55.1 Å². The number of carbonyl (C=O) groups excluding carboxylic acids is 1. The zero-order valence-corrected chi connectivity index (χ0v) is 18.1. The normalized spacial score (nSPS) is 11.9. The van der Waals surface area contributed by atoms with Crippen LogP contribution in [-0.4, -0.2) is 25.7 Å². The van der Waals surface area contributed by atoms with E-state index in [1.807, 2.05) is 74.5 Å². The van der Waals surface area contributed by atoms with Gasteiger partial charge in [0, 0.05) is 5.69 Å². The molecule has 0 aliphatic carbocycles. The molecule has 6 nitrogen and oxygen atoms in total. The number of hydrogen-bond donors (Lipinski definition) is 1. The molecule has 1 amide bonds. The van der Waals surface area contributed by atoms with Crippen molar-refractivity contribution in [3.63, 3.8) is 0 Å². The topological polar surface area (TPSA) is 76.9 Å². The van der Waals surface area contributed by atoms with Gasteiger partial charge in [-0.15, -0.1) is 0 Å². The minimum atomic E-state index is -0.440. The van der Waals surface area contributed by atoms with E-state index < -0.39 is 5.25 Å². The second kappa shape index (κ2) is 9.14. The highest BCUT2D eigenvalue weighted by molar-refractivity contribution is 8.00. The van der Waals surface area contributed by atoms with Gasteiger partial charge in [0.2, 0.25) is 5.91 Å². The lowest BCUT2D eigenvalue weighted by Crippen LogP contribution is -2.28. The Balaban J connectivity index is 1.74. The van der Waals surface area contributed by atoms with Crippen molar-refractivity contribution in [2.75, 3.05) is 5.32 Å². The molecule has 1 N–H and O–H groups in total. The summed E-state index contributed by atoms with van der Waals surface area (Å²) in [6.45, 7) is 3.81. The molecular formula is C24H22N4O2S. The summed E-state index contributed by atoms with van der Waals surface area (Å²) in [6, 6.07) is 22.1. The molecule has 2 heterocycles. The van der Waals surface area contributed by atoms with Gasteiger partial charge >= 0.3 is 0 Å². The van der Waals surface area contributed by atoms with E-state index in [9.17, 15) is 9.59 Å². The van der Waals surface area contributed by atoms with E-state index >= 15 is 0 Å². The van der Waals surface area contributed by atoms with Gasteiger partial charge in [0.25, 0.3) is 5.56 Å². The maximum Gasteiger partial charge on any atom is 0.266 e. The molecule has 31 heavy (non-hydrogen) atoms. The standard InChI is InChI=1S/C24H22N4O2S/c1-3-20(22(29)27-21-15-9-10-16(2)25-21)31-24-26-19-14-8-7-13-18(19)23(30)28(24)17-11-5-4-6-12-17/h4-15,20H,3H2,1-2H3,(H,25,27,29). The van der Waals surface area contributed by atoms with Gasteiger partial charge in [0.1, 0.15) is 5.82 Å². The lowest BCUT2D eigenvalue weighted by atomic mass is 10.2. The molecule has 2 aromatic heterocycles. The number of rotatable bonds is 6. The van der Waals surface area contributed by atoms with E-state index in [0.29, 0.717) is 34.0 Å². The first-order valence-electron chi connectivity index (χ1n) is 10.0. The Morgan fingerprint density at radius 2 is 1.74 bits per heavy atom. The van der Waals surface area contributed by atoms with Crippen LogP contribution in [-0.2, 0) is 4.79 Å². The molecule has 4 aromatic rings. The second-order valence-electron chi connectivity index (χ2n) is 7.06. The zero-order valence-electron chi connectivity index (χ0n) is 17.3. The Labute approximate surface area is 184 Å². The Kier molecular flexibility index (Phi) is 6.13. The predicted molar refractivity (Wildman–Crippen MR) is 125 cm³/mol. The quantitative estimate of drug-likeness (QED) is 0.357. The van der Waals surface area contributed by atoms with Gasteiger partial charge < -0.3 is 5.32 Å². The number of fused-ring (bicyclic) bond motifs is 1. The lowest BCUT2D eigenvalue weighted by molar-refractivity contribution is -0.115. The first kappa shape index (κ1) is 20.8. The first-order chi connectivity index (χ1) is 15.1. The van der Waals surface area contributed by atoms with E-state index in [1.165, 1.54) is 11.8 Å². The number of para-hydroxylation sites is 2. The highest BCUT2D eigenvalue weighted by Gasteiger charge is 2.23. The smallest absolute Gasteiger partial charge is 0.266 e. The minimum absolute atomic E-state index is 0.157. The molecule has 0 fully saturated rings. The van der Waals surface area contributed by atoms with Crippen LogP contribution in [0, 0.1) is 6.92 Å². The molecule has 0 saturated heterocycles. The highest BCUT2D eigenvalue weighted by atomic mass is 32.2. The molecule has 0 bridgehead atoms. The van der Waals surface area contributed by atoms with Gasteiger partial charge in [-0.05, 0) is 49.7 Å². The van der Waals surface area contributed by atoms with Gasteiger partial charge in [-0.25, -0.2) is 9.97 Å². The van der Waals surface area contributed by atoms with Crippen molar-refractivity contribution in [3.8, 4) is 5.69 Å². The Bertz CT molecular complexity index is 1290. The van der Waals surface area contributed by atoms with Crippen molar-refractivity contribution in [3.05, 3.63) is 88.8 Å². The summed E-state index contributed by atoms with van der Waals surface area (Å²) >= 11 is 1.28. The third-order valence-electron chi connectivity index (χ3n) is 4.81. The number of hydrogen-bond acceptors (Lipinski definition) is 5. The fourth-order valence-corrected chi connectivity index (χ4v) is 4.30. The third-order valence-corrected chi connectivity index (χ3v) is 6.13. The van der Waals surface area contributed by atoms with Gasteiger partial charge in [-0.2, -0.15) is 0 Å². The average molecular weight is 431 g/mol. The van der Waals surface area contributed by atoms with Crippen LogP contribution in [0.25, 0.3) is 16.6 Å². The fraction of sp³-hybridized carbons (Fsp3) is 0.167. The van der Waals surface area contributed by atoms with Crippen LogP contribution in [0.1, 0.15) is 19.0 Å². The van der Waals surface area contributed by atoms with Crippen LogP contribution in [0.2, 0.25) is 0 Å². The molecular weight excluding hydrogens is 408 g/mol. The van der Waals surface area contributed by atoms with Crippen LogP contribution in [0.15, 0.2) is 82.7 Å². The molecule has 0 saturated carbocycles. The molecule has 0 radical (unpaired) electrons. The number of carbonyl (C=O) groups is 1. The number of benzene rings is 2. The number of thioether (sulfide) groups is 1. The lowest BCUT2D eigenvalue weighted by Gasteiger charge is -2.18. The number of anilines is 1. The summed E-state index contributed by atoms with van der Waals surface area (Å²) in [7, 11) is 0. The van der Waals surface area contributed by atoms with E-state index in [4.69, 9.17) is 4.98 Å².